The van der Waals surface area contributed by atoms with Gasteiger partial charge in [0.15, 0.2) is 0 Å². The Morgan fingerprint density at radius 1 is 1.31 bits per heavy atom. The molecular weight excluding hydrogens is 188 g/mol. The minimum Gasteiger partial charge on any atom is -0.315 e. The molecule has 1 aromatic rings. The van der Waals surface area contributed by atoms with Gasteiger partial charge >= 0.3 is 6.18 Å². The van der Waals surface area contributed by atoms with Gasteiger partial charge in [0.05, 0.1) is 5.69 Å². The van der Waals surface area contributed by atoms with E-state index in [9.17, 15) is 17.6 Å². The van der Waals surface area contributed by atoms with E-state index in [1.54, 1.807) is 0 Å². The molecule has 0 saturated heterocycles. The van der Waals surface area contributed by atoms with Gasteiger partial charge in [-0.05, 0) is 12.1 Å². The van der Waals surface area contributed by atoms with E-state index in [4.69, 9.17) is 5.73 Å². The minimum atomic E-state index is -4.60. The average Bonchev–Trinajstić information content (AvgIpc) is 2.01. The first kappa shape index (κ1) is 9.91. The van der Waals surface area contributed by atoms with Crippen molar-refractivity contribution in [2.75, 3.05) is 0 Å². The highest BCUT2D eigenvalue weighted by molar-refractivity contribution is 5.10. The molecule has 13 heavy (non-hydrogen) atoms. The maximum Gasteiger partial charge on any atom is 0.409 e. The molecule has 1 heterocycles. The molecule has 0 radical (unpaired) electrons. The first-order chi connectivity index (χ1) is 5.91. The van der Waals surface area contributed by atoms with E-state index in [2.05, 4.69) is 4.98 Å². The van der Waals surface area contributed by atoms with Gasteiger partial charge in [0.2, 0.25) is 5.95 Å². The number of pyridine rings is 1. The van der Waals surface area contributed by atoms with Crippen molar-refractivity contribution in [3.05, 3.63) is 29.8 Å². The Balaban J connectivity index is 2.96. The van der Waals surface area contributed by atoms with E-state index in [1.165, 1.54) is 0 Å². The first-order valence-electron chi connectivity index (χ1n) is 3.36. The fraction of sp³-hybridized carbons (Fsp3) is 0.286. The van der Waals surface area contributed by atoms with E-state index < -0.39 is 23.9 Å². The molecule has 0 bridgehead atoms. The van der Waals surface area contributed by atoms with E-state index in [0.29, 0.717) is 0 Å². The van der Waals surface area contributed by atoms with Crippen LogP contribution in [0.1, 0.15) is 11.7 Å². The molecule has 72 valence electrons. The zero-order chi connectivity index (χ0) is 10.1. The highest BCUT2D eigenvalue weighted by atomic mass is 19.4. The van der Waals surface area contributed by atoms with Crippen molar-refractivity contribution in [1.29, 1.82) is 0 Å². The smallest absolute Gasteiger partial charge is 0.315 e. The van der Waals surface area contributed by atoms with Crippen molar-refractivity contribution in [3.8, 4) is 0 Å². The van der Waals surface area contributed by atoms with Crippen LogP contribution in [0.25, 0.3) is 0 Å². The number of hydrogen-bond acceptors (Lipinski definition) is 2. The third kappa shape index (κ3) is 2.38. The Labute approximate surface area is 71.4 Å². The second-order valence-corrected chi connectivity index (χ2v) is 2.40. The minimum absolute atomic E-state index is 0.521. The van der Waals surface area contributed by atoms with Crippen LogP contribution >= 0.6 is 0 Å². The molecule has 2 nitrogen and oxygen atoms in total. The lowest BCUT2D eigenvalue weighted by atomic mass is 10.2. The first-order valence-corrected chi connectivity index (χ1v) is 3.36. The van der Waals surface area contributed by atoms with Crippen LogP contribution in [0.3, 0.4) is 0 Å². The maximum atomic E-state index is 12.4. The molecule has 1 rings (SSSR count). The van der Waals surface area contributed by atoms with E-state index in [-0.39, 0.29) is 0 Å². The van der Waals surface area contributed by atoms with Crippen LogP contribution in [0.2, 0.25) is 0 Å². The second-order valence-electron chi connectivity index (χ2n) is 2.40. The van der Waals surface area contributed by atoms with Crippen molar-refractivity contribution in [3.63, 3.8) is 0 Å². The van der Waals surface area contributed by atoms with Gasteiger partial charge in [-0.1, -0.05) is 6.07 Å². The van der Waals surface area contributed by atoms with Gasteiger partial charge < -0.3 is 5.73 Å². The van der Waals surface area contributed by atoms with Crippen LogP contribution in [0.5, 0.6) is 0 Å². The molecule has 0 unspecified atom stereocenters. The molecule has 0 amide bonds. The lowest BCUT2D eigenvalue weighted by molar-refractivity contribution is -0.150. The van der Waals surface area contributed by atoms with E-state index in [1.807, 2.05) is 0 Å². The fourth-order valence-corrected chi connectivity index (χ4v) is 0.765. The van der Waals surface area contributed by atoms with Crippen LogP contribution in [-0.2, 0) is 0 Å². The quantitative estimate of drug-likeness (QED) is 0.546. The van der Waals surface area contributed by atoms with Gasteiger partial charge in [-0.15, -0.1) is 0 Å². The van der Waals surface area contributed by atoms with Gasteiger partial charge in [0, 0.05) is 0 Å². The maximum absolute atomic E-state index is 12.4. The summed E-state index contributed by atoms with van der Waals surface area (Å²) in [5.74, 6) is -0.975. The Hall–Kier alpha value is -1.17. The number of halogens is 4. The van der Waals surface area contributed by atoms with Crippen molar-refractivity contribution in [2.24, 2.45) is 5.73 Å². The highest BCUT2D eigenvalue weighted by Crippen LogP contribution is 2.29. The Bertz CT molecular complexity index is 297. The number of alkyl halides is 3. The fourth-order valence-electron chi connectivity index (χ4n) is 0.765. The highest BCUT2D eigenvalue weighted by Gasteiger charge is 2.38. The van der Waals surface area contributed by atoms with Gasteiger partial charge in [0.25, 0.3) is 0 Å². The van der Waals surface area contributed by atoms with E-state index in [0.717, 1.165) is 18.2 Å². The summed E-state index contributed by atoms with van der Waals surface area (Å²) in [6.45, 7) is 0. The van der Waals surface area contributed by atoms with Crippen LogP contribution in [0.4, 0.5) is 17.6 Å². The molecule has 1 atom stereocenters. The SMILES string of the molecule is N[C@@H](c1cccc(F)n1)C(F)(F)F. The van der Waals surface area contributed by atoms with Gasteiger partial charge in [-0.3, -0.25) is 0 Å². The molecule has 0 aliphatic heterocycles. The number of hydrogen-bond donors (Lipinski definition) is 1. The number of rotatable bonds is 1. The van der Waals surface area contributed by atoms with Crippen LogP contribution in [0.15, 0.2) is 18.2 Å². The Kier molecular flexibility index (Phi) is 2.51. The van der Waals surface area contributed by atoms with Gasteiger partial charge in [-0.25, -0.2) is 4.98 Å². The topological polar surface area (TPSA) is 38.9 Å². The average molecular weight is 194 g/mol. The number of aromatic nitrogens is 1. The predicted molar refractivity (Wildman–Crippen MR) is 37.2 cm³/mol. The molecular formula is C7H6F4N2. The Morgan fingerprint density at radius 3 is 2.38 bits per heavy atom. The third-order valence-corrected chi connectivity index (χ3v) is 1.41. The largest absolute Gasteiger partial charge is 0.409 e. The van der Waals surface area contributed by atoms with Gasteiger partial charge in [-0.2, -0.15) is 17.6 Å². The summed E-state index contributed by atoms with van der Waals surface area (Å²) in [4.78, 5) is 3.03. The summed E-state index contributed by atoms with van der Waals surface area (Å²) in [5.41, 5.74) is 4.27. The zero-order valence-electron chi connectivity index (χ0n) is 6.35. The van der Waals surface area contributed by atoms with Gasteiger partial charge in [0.1, 0.15) is 6.04 Å². The van der Waals surface area contributed by atoms with Crippen molar-refractivity contribution >= 4 is 0 Å². The molecule has 0 aliphatic rings. The molecule has 0 fully saturated rings. The van der Waals surface area contributed by atoms with Crippen molar-refractivity contribution in [2.45, 2.75) is 12.2 Å². The molecule has 6 heteroatoms. The van der Waals surface area contributed by atoms with E-state index >= 15 is 0 Å². The lowest BCUT2D eigenvalue weighted by Gasteiger charge is -2.14. The monoisotopic (exact) mass is 194 g/mol. The molecule has 0 aromatic carbocycles. The molecule has 0 spiro atoms. The predicted octanol–water partition coefficient (Wildman–Crippen LogP) is 1.78. The van der Waals surface area contributed by atoms with Crippen LogP contribution in [-0.4, -0.2) is 11.2 Å². The summed E-state index contributed by atoms with van der Waals surface area (Å²) in [7, 11) is 0. The summed E-state index contributed by atoms with van der Waals surface area (Å²) < 4.78 is 48.3. The van der Waals surface area contributed by atoms with Crippen LogP contribution < -0.4 is 5.73 Å². The molecule has 2 N–H and O–H groups in total. The van der Waals surface area contributed by atoms with Crippen LogP contribution in [0, 0.1) is 5.95 Å². The third-order valence-electron chi connectivity index (χ3n) is 1.41. The van der Waals surface area contributed by atoms with Crippen molar-refractivity contribution < 1.29 is 17.6 Å². The molecule has 1 aromatic heterocycles. The zero-order valence-corrected chi connectivity index (χ0v) is 6.35. The number of nitrogens with zero attached hydrogens (tertiary/aromatic N) is 1. The summed E-state index contributed by atoms with van der Waals surface area (Å²) in [6.07, 6.45) is -4.60. The van der Waals surface area contributed by atoms with Crippen molar-refractivity contribution in [1.82, 2.24) is 4.98 Å². The lowest BCUT2D eigenvalue weighted by Crippen LogP contribution is -2.29. The molecule has 0 aliphatic carbocycles. The standard InChI is InChI=1S/C7H6F4N2/c8-5-3-1-2-4(13-5)6(12)7(9,10)11/h1-3,6H,12H2/t6-/m0/s1. The summed E-state index contributed by atoms with van der Waals surface area (Å²) in [6, 6.07) is 0.875. The summed E-state index contributed by atoms with van der Waals surface area (Å²) >= 11 is 0. The summed E-state index contributed by atoms with van der Waals surface area (Å²) in [5, 5.41) is 0. The number of nitrogens with two attached hydrogens (primary N) is 1. The Morgan fingerprint density at radius 2 is 1.92 bits per heavy atom. The molecule has 0 saturated carbocycles. The second kappa shape index (κ2) is 3.29. The normalized spacial score (nSPS) is 14.2.